The summed E-state index contributed by atoms with van der Waals surface area (Å²) in [5.41, 5.74) is 0.304. The van der Waals surface area contributed by atoms with Gasteiger partial charge in [0.15, 0.2) is 0 Å². The Morgan fingerprint density at radius 2 is 1.55 bits per heavy atom. The fraction of sp³-hybridized carbons (Fsp3) is 1.00. The van der Waals surface area contributed by atoms with Gasteiger partial charge in [0, 0.05) is 12.1 Å². The zero-order valence-electron chi connectivity index (χ0n) is 11.8. The monoisotopic (exact) mass is 291 g/mol. The molecule has 0 amide bonds. The molecule has 0 saturated heterocycles. The van der Waals surface area contributed by atoms with Gasteiger partial charge in [-0.1, -0.05) is 0 Å². The summed E-state index contributed by atoms with van der Waals surface area (Å²) in [7, 11) is 0. The van der Waals surface area contributed by atoms with E-state index in [2.05, 4.69) is 10.1 Å². The van der Waals surface area contributed by atoms with Gasteiger partial charge >= 0.3 is 6.18 Å². The Morgan fingerprint density at radius 1 is 1.00 bits per heavy atom. The second-order valence-corrected chi connectivity index (χ2v) is 7.15. The SMILES string of the molecule is FC(F)(F)COCCCNC12CC3CC(CC(C3)C1)C2. The Morgan fingerprint density at radius 3 is 2.05 bits per heavy atom. The van der Waals surface area contributed by atoms with E-state index in [4.69, 9.17) is 0 Å². The van der Waals surface area contributed by atoms with Crippen molar-refractivity contribution in [2.75, 3.05) is 19.8 Å². The zero-order chi connectivity index (χ0) is 14.2. The van der Waals surface area contributed by atoms with Crippen LogP contribution in [0.1, 0.15) is 44.9 Å². The van der Waals surface area contributed by atoms with E-state index in [0.717, 1.165) is 24.3 Å². The highest BCUT2D eigenvalue weighted by atomic mass is 19.4. The van der Waals surface area contributed by atoms with Crippen LogP contribution >= 0.6 is 0 Å². The van der Waals surface area contributed by atoms with Crippen molar-refractivity contribution in [3.05, 3.63) is 0 Å². The van der Waals surface area contributed by atoms with Gasteiger partial charge in [-0.2, -0.15) is 13.2 Å². The minimum absolute atomic E-state index is 0.193. The van der Waals surface area contributed by atoms with Gasteiger partial charge < -0.3 is 10.1 Å². The summed E-state index contributed by atoms with van der Waals surface area (Å²) in [6.07, 6.45) is 4.54. The molecule has 5 heteroatoms. The maximum atomic E-state index is 11.9. The lowest BCUT2D eigenvalue weighted by Crippen LogP contribution is -2.58. The van der Waals surface area contributed by atoms with Crippen molar-refractivity contribution in [2.45, 2.75) is 56.7 Å². The average molecular weight is 291 g/mol. The van der Waals surface area contributed by atoms with Crippen molar-refractivity contribution in [2.24, 2.45) is 17.8 Å². The van der Waals surface area contributed by atoms with Crippen LogP contribution in [0.15, 0.2) is 0 Å². The predicted molar refractivity (Wildman–Crippen MR) is 70.4 cm³/mol. The van der Waals surface area contributed by atoms with E-state index in [1.807, 2.05) is 0 Å². The topological polar surface area (TPSA) is 21.3 Å². The highest BCUT2D eigenvalue weighted by Gasteiger charge is 2.50. The molecule has 0 radical (unpaired) electrons. The third-order valence-corrected chi connectivity index (χ3v) is 5.27. The molecule has 4 rings (SSSR count). The molecule has 0 atom stereocenters. The number of hydrogen-bond acceptors (Lipinski definition) is 2. The fourth-order valence-corrected chi connectivity index (χ4v) is 5.04. The highest BCUT2D eigenvalue weighted by molar-refractivity contribution is 5.06. The van der Waals surface area contributed by atoms with Gasteiger partial charge in [0.2, 0.25) is 0 Å². The van der Waals surface area contributed by atoms with Crippen LogP contribution in [-0.2, 0) is 4.74 Å². The number of rotatable bonds is 6. The first-order valence-electron chi connectivity index (χ1n) is 7.84. The number of hydrogen-bond donors (Lipinski definition) is 1. The third kappa shape index (κ3) is 3.48. The maximum Gasteiger partial charge on any atom is 0.411 e. The van der Waals surface area contributed by atoms with Gasteiger partial charge in [-0.15, -0.1) is 0 Å². The third-order valence-electron chi connectivity index (χ3n) is 5.27. The van der Waals surface area contributed by atoms with E-state index in [-0.39, 0.29) is 6.61 Å². The summed E-state index contributed by atoms with van der Waals surface area (Å²) in [6.45, 7) is -0.146. The molecule has 0 aliphatic heterocycles. The summed E-state index contributed by atoms with van der Waals surface area (Å²) >= 11 is 0. The van der Waals surface area contributed by atoms with Gasteiger partial charge in [0.25, 0.3) is 0 Å². The molecule has 0 aromatic heterocycles. The van der Waals surface area contributed by atoms with E-state index in [1.165, 1.54) is 38.5 Å². The van der Waals surface area contributed by atoms with Crippen molar-refractivity contribution >= 4 is 0 Å². The van der Waals surface area contributed by atoms with E-state index < -0.39 is 12.8 Å². The fourth-order valence-electron chi connectivity index (χ4n) is 5.04. The predicted octanol–water partition coefficient (Wildman–Crippen LogP) is 3.51. The molecule has 1 N–H and O–H groups in total. The van der Waals surface area contributed by atoms with Gasteiger partial charge in [-0.3, -0.25) is 0 Å². The van der Waals surface area contributed by atoms with Crippen molar-refractivity contribution < 1.29 is 17.9 Å². The molecule has 0 aromatic rings. The molecule has 116 valence electrons. The number of halogens is 3. The Kier molecular flexibility index (Phi) is 4.01. The van der Waals surface area contributed by atoms with Gasteiger partial charge in [-0.25, -0.2) is 0 Å². The highest BCUT2D eigenvalue weighted by Crippen LogP contribution is 2.55. The summed E-state index contributed by atoms with van der Waals surface area (Å²) in [5.74, 6) is 2.70. The molecule has 2 nitrogen and oxygen atoms in total. The molecular formula is C15H24F3NO. The van der Waals surface area contributed by atoms with Crippen LogP contribution in [0.25, 0.3) is 0 Å². The lowest BCUT2D eigenvalue weighted by molar-refractivity contribution is -0.174. The van der Waals surface area contributed by atoms with E-state index >= 15 is 0 Å². The van der Waals surface area contributed by atoms with E-state index in [1.54, 1.807) is 0 Å². The quantitative estimate of drug-likeness (QED) is 0.756. The van der Waals surface area contributed by atoms with Crippen molar-refractivity contribution in [3.8, 4) is 0 Å². The van der Waals surface area contributed by atoms with Crippen LogP contribution in [0.3, 0.4) is 0 Å². The average Bonchev–Trinajstić information content (AvgIpc) is 2.30. The number of ether oxygens (including phenoxy) is 1. The summed E-state index contributed by atoms with van der Waals surface area (Å²) in [5, 5.41) is 3.66. The molecule has 4 aliphatic carbocycles. The largest absolute Gasteiger partial charge is 0.411 e. The smallest absolute Gasteiger partial charge is 0.372 e. The standard InChI is InChI=1S/C15H24F3NO/c16-15(17,18)10-20-3-1-2-19-14-7-11-4-12(8-14)6-13(5-11)9-14/h11-13,19H,1-10H2. The molecule has 0 unspecified atom stereocenters. The Hall–Kier alpha value is -0.290. The van der Waals surface area contributed by atoms with Crippen LogP contribution in [0.2, 0.25) is 0 Å². The Labute approximate surface area is 118 Å². The van der Waals surface area contributed by atoms with E-state index in [9.17, 15) is 13.2 Å². The van der Waals surface area contributed by atoms with Crippen LogP contribution in [0, 0.1) is 17.8 Å². The first-order chi connectivity index (χ1) is 9.44. The van der Waals surface area contributed by atoms with Gasteiger partial charge in [-0.05, 0) is 69.2 Å². The Balaban J connectivity index is 1.37. The lowest BCUT2D eigenvalue weighted by Gasteiger charge is -2.57. The van der Waals surface area contributed by atoms with Gasteiger partial charge in [0.1, 0.15) is 6.61 Å². The number of alkyl halides is 3. The molecular weight excluding hydrogens is 267 g/mol. The number of nitrogens with one attached hydrogen (secondary N) is 1. The Bertz CT molecular complexity index is 307. The molecule has 0 aromatic carbocycles. The second-order valence-electron chi connectivity index (χ2n) is 7.15. The normalized spacial score (nSPS) is 39.5. The molecule has 4 bridgehead atoms. The molecule has 0 heterocycles. The zero-order valence-corrected chi connectivity index (χ0v) is 11.8. The summed E-state index contributed by atoms with van der Waals surface area (Å²) in [4.78, 5) is 0. The van der Waals surface area contributed by atoms with Crippen LogP contribution in [0.5, 0.6) is 0 Å². The summed E-state index contributed by atoms with van der Waals surface area (Å²) in [6, 6.07) is 0. The second kappa shape index (κ2) is 5.48. The molecule has 4 saturated carbocycles. The van der Waals surface area contributed by atoms with Crippen molar-refractivity contribution in [1.82, 2.24) is 5.32 Å². The first kappa shape index (κ1) is 14.6. The molecule has 20 heavy (non-hydrogen) atoms. The maximum absolute atomic E-state index is 11.9. The summed E-state index contributed by atoms with van der Waals surface area (Å²) < 4.78 is 40.4. The molecule has 4 aliphatic rings. The first-order valence-corrected chi connectivity index (χ1v) is 7.84. The lowest BCUT2D eigenvalue weighted by atomic mass is 9.53. The van der Waals surface area contributed by atoms with Crippen molar-refractivity contribution in [3.63, 3.8) is 0 Å². The van der Waals surface area contributed by atoms with Crippen LogP contribution in [-0.4, -0.2) is 31.5 Å². The van der Waals surface area contributed by atoms with Gasteiger partial charge in [0.05, 0.1) is 0 Å². The molecule has 4 fully saturated rings. The van der Waals surface area contributed by atoms with E-state index in [0.29, 0.717) is 12.0 Å². The minimum Gasteiger partial charge on any atom is -0.372 e. The minimum atomic E-state index is -4.20. The van der Waals surface area contributed by atoms with Crippen LogP contribution in [0.4, 0.5) is 13.2 Å². The van der Waals surface area contributed by atoms with Crippen molar-refractivity contribution in [1.29, 1.82) is 0 Å². The molecule has 0 spiro atoms. The van der Waals surface area contributed by atoms with Crippen LogP contribution < -0.4 is 5.32 Å².